The van der Waals surface area contributed by atoms with Crippen LogP contribution in [0.5, 0.6) is 0 Å². The van der Waals surface area contributed by atoms with Gasteiger partial charge in [0.15, 0.2) is 0 Å². The Labute approximate surface area is 109 Å². The molecular formula is C12H14N4OS. The van der Waals surface area contributed by atoms with E-state index in [0.717, 1.165) is 11.4 Å². The summed E-state index contributed by atoms with van der Waals surface area (Å²) in [6, 6.07) is 3.93. The third kappa shape index (κ3) is 3.27. The van der Waals surface area contributed by atoms with E-state index in [1.807, 2.05) is 24.4 Å². The fourth-order valence-corrected chi connectivity index (χ4v) is 2.06. The van der Waals surface area contributed by atoms with E-state index < -0.39 is 0 Å². The van der Waals surface area contributed by atoms with Gasteiger partial charge in [0.1, 0.15) is 11.5 Å². The first-order valence-corrected chi connectivity index (χ1v) is 6.54. The van der Waals surface area contributed by atoms with Crippen LogP contribution in [0.15, 0.2) is 29.9 Å². The van der Waals surface area contributed by atoms with E-state index in [2.05, 4.69) is 20.6 Å². The van der Waals surface area contributed by atoms with Gasteiger partial charge in [-0.05, 0) is 18.4 Å². The monoisotopic (exact) mass is 262 g/mol. The summed E-state index contributed by atoms with van der Waals surface area (Å²) >= 11 is 1.61. The van der Waals surface area contributed by atoms with Crippen LogP contribution in [0.1, 0.15) is 22.3 Å². The Balaban J connectivity index is 1.97. The molecule has 2 aromatic rings. The van der Waals surface area contributed by atoms with Crippen molar-refractivity contribution >= 4 is 23.1 Å². The van der Waals surface area contributed by atoms with Crippen molar-refractivity contribution in [2.24, 2.45) is 0 Å². The minimum absolute atomic E-state index is 0.212. The van der Waals surface area contributed by atoms with Crippen molar-refractivity contribution < 1.29 is 4.79 Å². The Bertz CT molecular complexity index is 513. The van der Waals surface area contributed by atoms with Gasteiger partial charge in [-0.15, -0.1) is 11.3 Å². The average Bonchev–Trinajstić information content (AvgIpc) is 2.90. The van der Waals surface area contributed by atoms with Gasteiger partial charge < -0.3 is 10.6 Å². The predicted octanol–water partition coefficient (Wildman–Crippen LogP) is 1.90. The molecule has 18 heavy (non-hydrogen) atoms. The molecule has 0 aromatic carbocycles. The van der Waals surface area contributed by atoms with Crippen LogP contribution in [-0.4, -0.2) is 22.4 Å². The molecule has 2 heterocycles. The third-order valence-electron chi connectivity index (χ3n) is 2.23. The molecule has 0 atom stereocenters. The molecule has 2 aromatic heterocycles. The first-order chi connectivity index (χ1) is 8.79. The highest BCUT2D eigenvalue weighted by molar-refractivity contribution is 7.09. The summed E-state index contributed by atoms with van der Waals surface area (Å²) in [6.07, 6.45) is 3.06. The molecule has 0 unspecified atom stereocenters. The maximum atomic E-state index is 11.9. The number of carbonyl (C=O) groups is 1. The molecule has 0 fully saturated rings. The second-order valence-corrected chi connectivity index (χ2v) is 4.61. The number of rotatable bonds is 5. The molecule has 2 rings (SSSR count). The molecule has 0 spiro atoms. The maximum absolute atomic E-state index is 11.9. The SMILES string of the molecule is CCNc1cncc(C(=O)NCc2cccs2)n1. The van der Waals surface area contributed by atoms with Crippen molar-refractivity contribution in [1.29, 1.82) is 0 Å². The van der Waals surface area contributed by atoms with Gasteiger partial charge in [0.05, 0.1) is 18.9 Å². The van der Waals surface area contributed by atoms with Crippen molar-refractivity contribution in [3.63, 3.8) is 0 Å². The van der Waals surface area contributed by atoms with Crippen LogP contribution in [-0.2, 0) is 6.54 Å². The van der Waals surface area contributed by atoms with E-state index in [1.54, 1.807) is 17.5 Å². The molecule has 2 N–H and O–H groups in total. The number of aromatic nitrogens is 2. The van der Waals surface area contributed by atoms with E-state index >= 15 is 0 Å². The van der Waals surface area contributed by atoms with E-state index in [9.17, 15) is 4.79 Å². The lowest BCUT2D eigenvalue weighted by Gasteiger charge is -2.05. The standard InChI is InChI=1S/C12H14N4OS/c1-2-14-11-8-13-7-10(16-11)12(17)15-6-9-4-3-5-18-9/h3-5,7-8H,2,6H2,1H3,(H,14,16)(H,15,17). The minimum atomic E-state index is -0.212. The van der Waals surface area contributed by atoms with Crippen LogP contribution in [0.25, 0.3) is 0 Å². The van der Waals surface area contributed by atoms with Crippen LogP contribution in [0, 0.1) is 0 Å². The van der Waals surface area contributed by atoms with Crippen molar-refractivity contribution in [3.8, 4) is 0 Å². The second kappa shape index (κ2) is 6.11. The fraction of sp³-hybridized carbons (Fsp3) is 0.250. The van der Waals surface area contributed by atoms with E-state index in [4.69, 9.17) is 0 Å². The number of amides is 1. The van der Waals surface area contributed by atoms with E-state index in [-0.39, 0.29) is 5.91 Å². The number of nitrogens with zero attached hydrogens (tertiary/aromatic N) is 2. The maximum Gasteiger partial charge on any atom is 0.271 e. The fourth-order valence-electron chi connectivity index (χ4n) is 1.41. The van der Waals surface area contributed by atoms with Crippen molar-refractivity contribution in [1.82, 2.24) is 15.3 Å². The molecule has 94 valence electrons. The van der Waals surface area contributed by atoms with Gasteiger partial charge in [-0.1, -0.05) is 6.07 Å². The molecular weight excluding hydrogens is 248 g/mol. The zero-order valence-corrected chi connectivity index (χ0v) is 10.8. The summed E-state index contributed by atoms with van der Waals surface area (Å²) in [7, 11) is 0. The minimum Gasteiger partial charge on any atom is -0.369 e. The Morgan fingerprint density at radius 2 is 2.33 bits per heavy atom. The molecule has 0 aliphatic carbocycles. The summed E-state index contributed by atoms with van der Waals surface area (Å²) < 4.78 is 0. The van der Waals surface area contributed by atoms with Crippen molar-refractivity contribution in [2.75, 3.05) is 11.9 Å². The summed E-state index contributed by atoms with van der Waals surface area (Å²) in [5.41, 5.74) is 0.324. The number of nitrogens with one attached hydrogen (secondary N) is 2. The van der Waals surface area contributed by atoms with Gasteiger partial charge in [-0.2, -0.15) is 0 Å². The van der Waals surface area contributed by atoms with Gasteiger partial charge in [0, 0.05) is 11.4 Å². The Kier molecular flexibility index (Phi) is 4.25. The van der Waals surface area contributed by atoms with Crippen LogP contribution < -0.4 is 10.6 Å². The second-order valence-electron chi connectivity index (χ2n) is 3.58. The lowest BCUT2D eigenvalue weighted by atomic mass is 10.4. The van der Waals surface area contributed by atoms with Gasteiger partial charge in [0.25, 0.3) is 5.91 Å². The van der Waals surface area contributed by atoms with Crippen molar-refractivity contribution in [3.05, 3.63) is 40.5 Å². The molecule has 5 nitrogen and oxygen atoms in total. The predicted molar refractivity (Wildman–Crippen MR) is 71.7 cm³/mol. The third-order valence-corrected chi connectivity index (χ3v) is 3.10. The first-order valence-electron chi connectivity index (χ1n) is 5.66. The Hall–Kier alpha value is -1.95. The lowest BCUT2D eigenvalue weighted by molar-refractivity contribution is 0.0946. The van der Waals surface area contributed by atoms with Crippen LogP contribution in [0.2, 0.25) is 0 Å². The molecule has 0 radical (unpaired) electrons. The molecule has 0 saturated heterocycles. The number of thiophene rings is 1. The first kappa shape index (κ1) is 12.5. The quantitative estimate of drug-likeness (QED) is 0.863. The van der Waals surface area contributed by atoms with Gasteiger partial charge in [0.2, 0.25) is 0 Å². The van der Waals surface area contributed by atoms with Crippen LogP contribution in [0.4, 0.5) is 5.82 Å². The van der Waals surface area contributed by atoms with E-state index in [0.29, 0.717) is 18.1 Å². The molecule has 1 amide bonds. The van der Waals surface area contributed by atoms with Gasteiger partial charge in [-0.25, -0.2) is 4.98 Å². The molecule has 0 saturated carbocycles. The highest BCUT2D eigenvalue weighted by Gasteiger charge is 2.08. The van der Waals surface area contributed by atoms with Crippen molar-refractivity contribution in [2.45, 2.75) is 13.5 Å². The highest BCUT2D eigenvalue weighted by Crippen LogP contribution is 2.08. The molecule has 0 bridgehead atoms. The van der Waals surface area contributed by atoms with E-state index in [1.165, 1.54) is 6.20 Å². The molecule has 6 heteroatoms. The number of hydrogen-bond donors (Lipinski definition) is 2. The van der Waals surface area contributed by atoms with Crippen LogP contribution in [0.3, 0.4) is 0 Å². The zero-order chi connectivity index (χ0) is 12.8. The summed E-state index contributed by atoms with van der Waals surface area (Å²) in [5.74, 6) is 0.400. The van der Waals surface area contributed by atoms with Crippen LogP contribution >= 0.6 is 11.3 Å². The highest BCUT2D eigenvalue weighted by atomic mass is 32.1. The Morgan fingerprint density at radius 1 is 1.44 bits per heavy atom. The summed E-state index contributed by atoms with van der Waals surface area (Å²) in [6.45, 7) is 3.23. The topological polar surface area (TPSA) is 66.9 Å². The van der Waals surface area contributed by atoms with Gasteiger partial charge in [-0.3, -0.25) is 9.78 Å². The lowest BCUT2D eigenvalue weighted by Crippen LogP contribution is -2.23. The number of anilines is 1. The summed E-state index contributed by atoms with van der Waals surface area (Å²) in [4.78, 5) is 21.1. The van der Waals surface area contributed by atoms with Gasteiger partial charge >= 0.3 is 0 Å². The largest absolute Gasteiger partial charge is 0.369 e. The average molecular weight is 262 g/mol. The normalized spacial score (nSPS) is 10.1. The number of hydrogen-bond acceptors (Lipinski definition) is 5. The molecule has 0 aliphatic rings. The molecule has 0 aliphatic heterocycles. The Morgan fingerprint density at radius 3 is 3.06 bits per heavy atom. The smallest absolute Gasteiger partial charge is 0.271 e. The summed E-state index contributed by atoms with van der Waals surface area (Å²) in [5, 5.41) is 7.81. The zero-order valence-electron chi connectivity index (χ0n) is 10.0. The number of carbonyl (C=O) groups excluding carboxylic acids is 1.